The topological polar surface area (TPSA) is 81.8 Å². The Morgan fingerprint density at radius 3 is 2.41 bits per heavy atom. The van der Waals surface area contributed by atoms with Crippen LogP contribution in [-0.2, 0) is 16.1 Å². The van der Waals surface area contributed by atoms with E-state index in [1.54, 1.807) is 4.90 Å². The van der Waals surface area contributed by atoms with Crippen LogP contribution in [0.1, 0.15) is 93.0 Å². The van der Waals surface area contributed by atoms with Crippen molar-refractivity contribution in [3.63, 3.8) is 0 Å². The summed E-state index contributed by atoms with van der Waals surface area (Å²) in [6.45, 7) is 3.05. The van der Waals surface area contributed by atoms with Gasteiger partial charge in [-0.05, 0) is 119 Å². The van der Waals surface area contributed by atoms with E-state index in [4.69, 9.17) is 0 Å². The fraction of sp³-hybridized carbons (Fsp3) is 0.618. The first-order chi connectivity index (χ1) is 19.9. The van der Waals surface area contributed by atoms with Crippen molar-refractivity contribution >= 4 is 34.2 Å². The van der Waals surface area contributed by atoms with Gasteiger partial charge in [-0.15, -0.1) is 0 Å². The molecule has 8 rings (SSSR count). The minimum absolute atomic E-state index is 0.150. The van der Waals surface area contributed by atoms with Gasteiger partial charge >= 0.3 is 0 Å². The molecule has 6 aliphatic rings. The summed E-state index contributed by atoms with van der Waals surface area (Å²) in [5, 5.41) is 8.46. The van der Waals surface area contributed by atoms with Crippen LogP contribution in [0.4, 0.5) is 5.69 Å². The molecule has 2 N–H and O–H groups in total. The molecule has 2 heterocycles. The lowest BCUT2D eigenvalue weighted by atomic mass is 9.53. The Balaban J connectivity index is 0.908. The zero-order valence-corrected chi connectivity index (χ0v) is 24.4. The second kappa shape index (κ2) is 10.8. The second-order valence-electron chi connectivity index (χ2n) is 13.9. The van der Waals surface area contributed by atoms with Crippen molar-refractivity contribution < 1.29 is 14.4 Å². The maximum Gasteiger partial charge on any atom is 0.259 e. The zero-order chi connectivity index (χ0) is 28.1. The number of imide groups is 1. The molecular weight excluding hydrogens is 512 g/mol. The lowest BCUT2D eigenvalue weighted by molar-refractivity contribution is -0.134. The number of benzene rings is 2. The molecule has 5 fully saturated rings. The van der Waals surface area contributed by atoms with Crippen molar-refractivity contribution in [2.24, 2.45) is 17.8 Å². The highest BCUT2D eigenvalue weighted by Gasteiger charge is 2.50. The van der Waals surface area contributed by atoms with E-state index in [1.165, 1.54) is 76.3 Å². The van der Waals surface area contributed by atoms with Crippen LogP contribution in [0, 0.1) is 17.8 Å². The predicted octanol–water partition coefficient (Wildman–Crippen LogP) is 5.16. The summed E-state index contributed by atoms with van der Waals surface area (Å²) < 4.78 is 0. The van der Waals surface area contributed by atoms with Crippen LogP contribution in [0.15, 0.2) is 30.3 Å². The SMILES string of the molecule is CN(CCCCCCNC12CC3CC(CC(C3)C1)C2)Cc1ccc2c3c(cccc13)C(=O)N2C1CCC(=O)NC1=O. The number of anilines is 1. The van der Waals surface area contributed by atoms with E-state index in [9.17, 15) is 14.4 Å². The van der Waals surface area contributed by atoms with E-state index in [-0.39, 0.29) is 24.1 Å². The highest BCUT2D eigenvalue weighted by atomic mass is 16.2. The van der Waals surface area contributed by atoms with Crippen molar-refractivity contribution in [3.05, 3.63) is 41.5 Å². The summed E-state index contributed by atoms with van der Waals surface area (Å²) in [4.78, 5) is 41.6. The molecule has 0 radical (unpaired) electrons. The molecule has 1 unspecified atom stereocenters. The summed E-state index contributed by atoms with van der Waals surface area (Å²) in [5.41, 5.74) is 3.11. The summed E-state index contributed by atoms with van der Waals surface area (Å²) in [7, 11) is 2.18. The number of hydrogen-bond donors (Lipinski definition) is 2. The summed E-state index contributed by atoms with van der Waals surface area (Å²) in [6.07, 6.45) is 14.4. The minimum atomic E-state index is -0.646. The third kappa shape index (κ3) is 5.10. The maximum absolute atomic E-state index is 13.4. The third-order valence-corrected chi connectivity index (χ3v) is 10.8. The fourth-order valence-electron chi connectivity index (χ4n) is 9.35. The van der Waals surface area contributed by atoms with Crippen molar-refractivity contribution in [1.82, 2.24) is 15.5 Å². The Bertz CT molecular complexity index is 1330. The Morgan fingerprint density at radius 1 is 0.951 bits per heavy atom. The van der Waals surface area contributed by atoms with Gasteiger partial charge in [0.1, 0.15) is 6.04 Å². The highest BCUT2D eigenvalue weighted by Crippen LogP contribution is 2.55. The van der Waals surface area contributed by atoms with E-state index in [1.807, 2.05) is 18.2 Å². The molecule has 1 atom stereocenters. The summed E-state index contributed by atoms with van der Waals surface area (Å²) in [6, 6.07) is 9.32. The van der Waals surface area contributed by atoms with Crippen molar-refractivity contribution in [2.45, 2.75) is 95.2 Å². The van der Waals surface area contributed by atoms with Crippen molar-refractivity contribution in [1.29, 1.82) is 0 Å². The molecule has 4 bridgehead atoms. The fourth-order valence-corrected chi connectivity index (χ4v) is 9.35. The molecule has 4 saturated carbocycles. The number of hydrogen-bond acceptors (Lipinski definition) is 5. The van der Waals surface area contributed by atoms with Gasteiger partial charge in [-0.25, -0.2) is 0 Å². The molecule has 0 aromatic heterocycles. The molecule has 2 aromatic rings. The van der Waals surface area contributed by atoms with Gasteiger partial charge in [0, 0.05) is 29.5 Å². The summed E-state index contributed by atoms with van der Waals surface area (Å²) >= 11 is 0. The van der Waals surface area contributed by atoms with Crippen LogP contribution in [0.5, 0.6) is 0 Å². The quantitative estimate of drug-likeness (QED) is 0.295. The largest absolute Gasteiger partial charge is 0.311 e. The molecule has 2 aromatic carbocycles. The molecular formula is C34H44N4O3. The van der Waals surface area contributed by atoms with Crippen molar-refractivity contribution in [2.75, 3.05) is 25.0 Å². The minimum Gasteiger partial charge on any atom is -0.311 e. The molecule has 4 aliphatic carbocycles. The monoisotopic (exact) mass is 556 g/mol. The first-order valence-electron chi connectivity index (χ1n) is 16.0. The average Bonchev–Trinajstić information content (AvgIpc) is 3.21. The van der Waals surface area contributed by atoms with Gasteiger partial charge in [-0.2, -0.15) is 0 Å². The number of nitrogens with one attached hydrogen (secondary N) is 2. The van der Waals surface area contributed by atoms with E-state index < -0.39 is 6.04 Å². The maximum atomic E-state index is 13.4. The zero-order valence-electron chi connectivity index (χ0n) is 24.4. The summed E-state index contributed by atoms with van der Waals surface area (Å²) in [5.74, 6) is 2.21. The molecule has 2 aliphatic heterocycles. The van der Waals surface area contributed by atoms with Gasteiger partial charge < -0.3 is 10.2 Å². The molecule has 41 heavy (non-hydrogen) atoms. The number of nitrogens with zero attached hydrogens (tertiary/aromatic N) is 2. The molecule has 218 valence electrons. The third-order valence-electron chi connectivity index (χ3n) is 10.8. The Hall–Kier alpha value is -2.77. The Labute approximate surface area is 243 Å². The van der Waals surface area contributed by atoms with Crippen molar-refractivity contribution in [3.8, 4) is 0 Å². The molecule has 1 saturated heterocycles. The molecule has 7 nitrogen and oxygen atoms in total. The molecule has 3 amide bonds. The number of carbonyl (C=O) groups is 3. The van der Waals surface area contributed by atoms with E-state index in [0.717, 1.165) is 47.3 Å². The first-order valence-corrected chi connectivity index (χ1v) is 16.0. The lowest BCUT2D eigenvalue weighted by Gasteiger charge is -2.57. The number of amides is 3. The van der Waals surface area contributed by atoms with Crippen LogP contribution in [-0.4, -0.2) is 54.3 Å². The van der Waals surface area contributed by atoms with Gasteiger partial charge in [0.2, 0.25) is 11.8 Å². The van der Waals surface area contributed by atoms with Gasteiger partial charge in [0.25, 0.3) is 5.91 Å². The van der Waals surface area contributed by atoms with Gasteiger partial charge in [0.05, 0.1) is 5.69 Å². The molecule has 0 spiro atoms. The van der Waals surface area contributed by atoms with Crippen LogP contribution in [0.3, 0.4) is 0 Å². The number of unbranched alkanes of at least 4 members (excludes halogenated alkanes) is 3. The lowest BCUT2D eigenvalue weighted by Crippen LogP contribution is -2.58. The Morgan fingerprint density at radius 2 is 1.68 bits per heavy atom. The van der Waals surface area contributed by atoms with Gasteiger partial charge in [-0.1, -0.05) is 31.0 Å². The van der Waals surface area contributed by atoms with E-state index in [0.29, 0.717) is 17.5 Å². The number of rotatable bonds is 11. The first kappa shape index (κ1) is 27.1. The normalized spacial score (nSPS) is 30.2. The average molecular weight is 557 g/mol. The van der Waals surface area contributed by atoms with E-state index >= 15 is 0 Å². The Kier molecular flexibility index (Phi) is 7.14. The van der Waals surface area contributed by atoms with Crippen LogP contribution < -0.4 is 15.5 Å². The van der Waals surface area contributed by atoms with Gasteiger partial charge in [0.15, 0.2) is 0 Å². The number of carbonyl (C=O) groups excluding carboxylic acids is 3. The highest BCUT2D eigenvalue weighted by molar-refractivity contribution is 6.27. The van der Waals surface area contributed by atoms with Crippen LogP contribution >= 0.6 is 0 Å². The van der Waals surface area contributed by atoms with Crippen LogP contribution in [0.2, 0.25) is 0 Å². The van der Waals surface area contributed by atoms with E-state index in [2.05, 4.69) is 34.7 Å². The van der Waals surface area contributed by atoms with Crippen LogP contribution in [0.25, 0.3) is 10.8 Å². The predicted molar refractivity (Wildman–Crippen MR) is 161 cm³/mol. The van der Waals surface area contributed by atoms with Gasteiger partial charge in [-0.3, -0.25) is 24.6 Å². The molecule has 7 heteroatoms. The second-order valence-corrected chi connectivity index (χ2v) is 13.9. The smallest absolute Gasteiger partial charge is 0.259 e. The number of piperidine rings is 1. The standard InChI is InChI=1S/C34H44N4O3/c1-37(14-5-3-2-4-13-35-34-18-22-15-23(19-34)17-24(16-22)20-34)21-25-9-10-28-31-26(25)7-6-8-27(31)33(41)38(28)29-11-12-30(39)36-32(29)40/h6-10,22-24,29,35H,2-5,11-21H2,1H3,(H,36,39,40).